The van der Waals surface area contributed by atoms with Gasteiger partial charge in [-0.1, -0.05) is 26.7 Å². The Hall–Kier alpha value is -0.620. The lowest BCUT2D eigenvalue weighted by molar-refractivity contribution is 0.281. The maximum absolute atomic E-state index is 10.2. The Morgan fingerprint density at radius 2 is 1.69 bits per heavy atom. The minimum atomic E-state index is -0.228. The van der Waals surface area contributed by atoms with Crippen molar-refractivity contribution < 1.29 is 4.79 Å². The third-order valence-electron chi connectivity index (χ3n) is 2.61. The van der Waals surface area contributed by atoms with E-state index < -0.39 is 0 Å². The Morgan fingerprint density at radius 1 is 1.23 bits per heavy atom. The van der Waals surface area contributed by atoms with Gasteiger partial charge in [-0.25, -0.2) is 4.79 Å². The number of rotatable bonds is 6. The smallest absolute Gasteiger partial charge is 0.211 e. The maximum Gasteiger partial charge on any atom is 0.235 e. The Bertz CT molecular complexity index is 175. The van der Waals surface area contributed by atoms with Gasteiger partial charge >= 0.3 is 0 Å². The van der Waals surface area contributed by atoms with Crippen LogP contribution in [-0.4, -0.2) is 11.6 Å². The molecule has 0 amide bonds. The molecule has 2 nitrogen and oxygen atoms in total. The Morgan fingerprint density at radius 3 is 2.00 bits per heavy atom. The van der Waals surface area contributed by atoms with Crippen molar-refractivity contribution in [1.82, 2.24) is 0 Å². The average Bonchev–Trinajstić information content (AvgIpc) is 2.04. The van der Waals surface area contributed by atoms with E-state index in [1.165, 1.54) is 0 Å². The molecular formula is C11H21NO. The number of nitrogens with zero attached hydrogens (tertiary/aromatic N) is 1. The molecule has 0 rings (SSSR count). The van der Waals surface area contributed by atoms with Gasteiger partial charge in [-0.15, -0.1) is 0 Å². The molecule has 76 valence electrons. The molecule has 0 aromatic heterocycles. The molecular weight excluding hydrogens is 162 g/mol. The van der Waals surface area contributed by atoms with Gasteiger partial charge in [0.25, 0.3) is 0 Å². The average molecular weight is 183 g/mol. The topological polar surface area (TPSA) is 29.4 Å². The van der Waals surface area contributed by atoms with Gasteiger partial charge in [0.1, 0.15) is 0 Å². The summed E-state index contributed by atoms with van der Waals surface area (Å²) in [6.45, 7) is 8.38. The summed E-state index contributed by atoms with van der Waals surface area (Å²) in [4.78, 5) is 14.1. The van der Waals surface area contributed by atoms with Crippen LogP contribution in [0.5, 0.6) is 0 Å². The molecule has 13 heavy (non-hydrogen) atoms. The number of hydrogen-bond donors (Lipinski definition) is 0. The van der Waals surface area contributed by atoms with Crippen LogP contribution in [0.2, 0.25) is 0 Å². The predicted molar refractivity (Wildman–Crippen MR) is 55.5 cm³/mol. The molecule has 0 saturated heterocycles. The number of carbonyl (C=O) groups excluding carboxylic acids is 1. The lowest BCUT2D eigenvalue weighted by Gasteiger charge is -2.28. The molecule has 0 saturated carbocycles. The second-order valence-corrected chi connectivity index (χ2v) is 4.13. The summed E-state index contributed by atoms with van der Waals surface area (Å²) in [7, 11) is 0. The number of isocyanates is 1. The van der Waals surface area contributed by atoms with E-state index in [1.54, 1.807) is 6.08 Å². The van der Waals surface area contributed by atoms with E-state index >= 15 is 0 Å². The summed E-state index contributed by atoms with van der Waals surface area (Å²) < 4.78 is 0. The van der Waals surface area contributed by atoms with Crippen molar-refractivity contribution in [1.29, 1.82) is 0 Å². The number of aliphatic imine (C=N–C) groups is 1. The fourth-order valence-electron chi connectivity index (χ4n) is 1.76. The normalized spacial score (nSPS) is 11.5. The summed E-state index contributed by atoms with van der Waals surface area (Å²) in [5.74, 6) is 0.518. The van der Waals surface area contributed by atoms with E-state index in [9.17, 15) is 4.79 Å². The first-order valence-electron chi connectivity index (χ1n) is 5.17. The molecule has 0 fully saturated rings. The highest BCUT2D eigenvalue weighted by molar-refractivity contribution is 5.34. The first kappa shape index (κ1) is 12.4. The Balaban J connectivity index is 4.39. The fraction of sp³-hybridized carbons (Fsp3) is 0.909. The van der Waals surface area contributed by atoms with Gasteiger partial charge in [0.2, 0.25) is 6.08 Å². The van der Waals surface area contributed by atoms with Crippen molar-refractivity contribution in [2.45, 2.75) is 58.9 Å². The Labute approximate surface area is 81.4 Å². The maximum atomic E-state index is 10.2. The van der Waals surface area contributed by atoms with Crippen molar-refractivity contribution in [2.75, 3.05) is 0 Å². The molecule has 0 aliphatic carbocycles. The molecule has 0 unspecified atom stereocenters. The second-order valence-electron chi connectivity index (χ2n) is 4.13. The summed E-state index contributed by atoms with van der Waals surface area (Å²) in [5.41, 5.74) is -0.228. The van der Waals surface area contributed by atoms with Crippen LogP contribution in [0, 0.1) is 5.92 Å². The minimum absolute atomic E-state index is 0.228. The van der Waals surface area contributed by atoms with Crippen LogP contribution in [0.4, 0.5) is 0 Å². The molecule has 0 heterocycles. The Kier molecular flexibility index (Phi) is 5.65. The zero-order valence-electron chi connectivity index (χ0n) is 9.26. The molecule has 0 radical (unpaired) electrons. The molecule has 0 bridgehead atoms. The monoisotopic (exact) mass is 183 g/mol. The van der Waals surface area contributed by atoms with Gasteiger partial charge < -0.3 is 0 Å². The molecule has 0 aromatic rings. The molecule has 0 aliphatic rings. The first-order valence-corrected chi connectivity index (χ1v) is 5.17. The first-order chi connectivity index (χ1) is 6.08. The second kappa shape index (κ2) is 5.93. The highest BCUT2D eigenvalue weighted by Crippen LogP contribution is 2.29. The molecule has 0 aromatic carbocycles. The minimum Gasteiger partial charge on any atom is -0.211 e. The van der Waals surface area contributed by atoms with Gasteiger partial charge in [-0.3, -0.25) is 0 Å². The fourth-order valence-corrected chi connectivity index (χ4v) is 1.76. The third kappa shape index (κ3) is 4.23. The van der Waals surface area contributed by atoms with E-state index in [0.29, 0.717) is 5.92 Å². The standard InChI is InChI=1S/C11H21NO/c1-5-7-10(8-6-2)11(3,4)12-9-13/h10H,5-8H2,1-4H3. The molecule has 0 N–H and O–H groups in total. The van der Waals surface area contributed by atoms with E-state index in [4.69, 9.17) is 0 Å². The summed E-state index contributed by atoms with van der Waals surface area (Å²) >= 11 is 0. The van der Waals surface area contributed by atoms with Gasteiger partial charge in [0.15, 0.2) is 0 Å². The van der Waals surface area contributed by atoms with Crippen LogP contribution in [0.3, 0.4) is 0 Å². The summed E-state index contributed by atoms with van der Waals surface area (Å²) in [6, 6.07) is 0. The van der Waals surface area contributed by atoms with E-state index in [0.717, 1.165) is 25.7 Å². The van der Waals surface area contributed by atoms with Crippen molar-refractivity contribution in [3.05, 3.63) is 0 Å². The van der Waals surface area contributed by atoms with Gasteiger partial charge in [0, 0.05) is 0 Å². The van der Waals surface area contributed by atoms with Crippen molar-refractivity contribution in [2.24, 2.45) is 10.9 Å². The van der Waals surface area contributed by atoms with Crippen LogP contribution in [0.15, 0.2) is 4.99 Å². The van der Waals surface area contributed by atoms with Crippen molar-refractivity contribution in [3.63, 3.8) is 0 Å². The van der Waals surface area contributed by atoms with Gasteiger partial charge in [-0.05, 0) is 32.6 Å². The van der Waals surface area contributed by atoms with E-state index in [2.05, 4.69) is 18.8 Å². The largest absolute Gasteiger partial charge is 0.235 e. The lowest BCUT2D eigenvalue weighted by Crippen LogP contribution is -2.28. The summed E-state index contributed by atoms with van der Waals surface area (Å²) in [5, 5.41) is 0. The summed E-state index contributed by atoms with van der Waals surface area (Å²) in [6.07, 6.45) is 6.28. The van der Waals surface area contributed by atoms with E-state index in [1.807, 2.05) is 13.8 Å². The van der Waals surface area contributed by atoms with E-state index in [-0.39, 0.29) is 5.54 Å². The molecule has 2 heteroatoms. The van der Waals surface area contributed by atoms with Gasteiger partial charge in [-0.2, -0.15) is 4.99 Å². The molecule has 0 atom stereocenters. The van der Waals surface area contributed by atoms with Crippen molar-refractivity contribution in [3.8, 4) is 0 Å². The zero-order valence-corrected chi connectivity index (χ0v) is 9.26. The van der Waals surface area contributed by atoms with Crippen molar-refractivity contribution >= 4 is 6.08 Å². The highest BCUT2D eigenvalue weighted by Gasteiger charge is 2.27. The zero-order chi connectivity index (χ0) is 10.3. The SMILES string of the molecule is CCCC(CCC)C(C)(C)N=C=O. The van der Waals surface area contributed by atoms with Crippen LogP contribution in [0.25, 0.3) is 0 Å². The number of hydrogen-bond acceptors (Lipinski definition) is 2. The third-order valence-corrected chi connectivity index (χ3v) is 2.61. The lowest BCUT2D eigenvalue weighted by atomic mass is 9.81. The van der Waals surface area contributed by atoms with Crippen LogP contribution in [-0.2, 0) is 4.79 Å². The molecule has 0 spiro atoms. The van der Waals surface area contributed by atoms with Crippen LogP contribution >= 0.6 is 0 Å². The predicted octanol–water partition coefficient (Wildman–Crippen LogP) is 3.32. The van der Waals surface area contributed by atoms with Gasteiger partial charge in [0.05, 0.1) is 5.54 Å². The molecule has 0 aliphatic heterocycles. The van der Waals surface area contributed by atoms with Crippen LogP contribution in [0.1, 0.15) is 53.4 Å². The quantitative estimate of drug-likeness (QED) is 0.459. The van der Waals surface area contributed by atoms with Crippen LogP contribution < -0.4 is 0 Å². The highest BCUT2D eigenvalue weighted by atomic mass is 16.1.